The van der Waals surface area contributed by atoms with Crippen molar-refractivity contribution in [3.63, 3.8) is 0 Å². The van der Waals surface area contributed by atoms with E-state index in [2.05, 4.69) is 26.0 Å². The third kappa shape index (κ3) is 4.57. The van der Waals surface area contributed by atoms with E-state index in [-0.39, 0.29) is 17.9 Å². The van der Waals surface area contributed by atoms with Crippen LogP contribution in [-0.4, -0.2) is 20.8 Å². The Kier molecular flexibility index (Phi) is 6.09. The summed E-state index contributed by atoms with van der Waals surface area (Å²) in [6.07, 6.45) is 1.37. The number of nitro benzene ring substituents is 1. The lowest BCUT2D eigenvalue weighted by molar-refractivity contribution is -0.384. The molecule has 9 heteroatoms. The highest BCUT2D eigenvalue weighted by Gasteiger charge is 2.12. The molecular weight excluding hydrogens is 476 g/mol. The molecule has 0 radical (unpaired) electrons. The number of nitro groups is 1. The zero-order valence-corrected chi connectivity index (χ0v) is 18.5. The van der Waals surface area contributed by atoms with Gasteiger partial charge in [0.05, 0.1) is 22.0 Å². The van der Waals surface area contributed by atoms with Gasteiger partial charge >= 0.3 is 0 Å². The zero-order chi connectivity index (χ0) is 22.7. The van der Waals surface area contributed by atoms with Crippen molar-refractivity contribution in [3.05, 3.63) is 109 Å². The first kappa shape index (κ1) is 21.4. The van der Waals surface area contributed by atoms with Crippen molar-refractivity contribution in [1.82, 2.24) is 9.66 Å². The minimum atomic E-state index is -0.495. The molecule has 0 saturated heterocycles. The highest BCUT2D eigenvalue weighted by Crippen LogP contribution is 2.24. The van der Waals surface area contributed by atoms with E-state index in [1.165, 1.54) is 24.4 Å². The molecule has 4 rings (SSSR count). The first-order valence-corrected chi connectivity index (χ1v) is 10.4. The normalized spacial score (nSPS) is 11.2. The van der Waals surface area contributed by atoms with Crippen LogP contribution in [0.2, 0.25) is 0 Å². The number of ether oxygens (including phenoxy) is 1. The lowest BCUT2D eigenvalue weighted by Crippen LogP contribution is -2.20. The molecule has 0 fully saturated rings. The third-order valence-electron chi connectivity index (χ3n) is 4.72. The van der Waals surface area contributed by atoms with Gasteiger partial charge in [0.2, 0.25) is 0 Å². The van der Waals surface area contributed by atoms with E-state index in [1.807, 2.05) is 30.3 Å². The Hall–Kier alpha value is -3.85. The molecule has 0 N–H and O–H groups in total. The van der Waals surface area contributed by atoms with E-state index < -0.39 is 4.92 Å². The molecule has 32 heavy (non-hydrogen) atoms. The maximum Gasteiger partial charge on any atom is 0.282 e. The van der Waals surface area contributed by atoms with Crippen LogP contribution in [0.4, 0.5) is 5.69 Å². The fourth-order valence-corrected chi connectivity index (χ4v) is 3.49. The maximum atomic E-state index is 12.9. The summed E-state index contributed by atoms with van der Waals surface area (Å²) in [6.45, 7) is 1.95. The van der Waals surface area contributed by atoms with Crippen LogP contribution >= 0.6 is 15.9 Å². The van der Waals surface area contributed by atoms with Crippen LogP contribution in [0.15, 0.2) is 81.1 Å². The average Bonchev–Trinajstić information content (AvgIpc) is 2.79. The largest absolute Gasteiger partial charge is 0.488 e. The SMILES string of the molecule is Cc1nc2ccc(Br)cc2c(=O)n1N=Cc1cc([N+](=O)[O-])ccc1OCc1ccccc1. The van der Waals surface area contributed by atoms with Crippen LogP contribution in [-0.2, 0) is 6.61 Å². The second-order valence-corrected chi connectivity index (χ2v) is 7.85. The second-order valence-electron chi connectivity index (χ2n) is 6.94. The predicted molar refractivity (Wildman–Crippen MR) is 125 cm³/mol. The quantitative estimate of drug-likeness (QED) is 0.218. The van der Waals surface area contributed by atoms with Gasteiger partial charge in [-0.2, -0.15) is 9.78 Å². The molecule has 0 unspecified atom stereocenters. The van der Waals surface area contributed by atoms with Crippen molar-refractivity contribution in [2.45, 2.75) is 13.5 Å². The summed E-state index contributed by atoms with van der Waals surface area (Å²) in [5.74, 6) is 0.795. The fourth-order valence-electron chi connectivity index (χ4n) is 3.13. The van der Waals surface area contributed by atoms with Gasteiger partial charge in [-0.3, -0.25) is 14.9 Å². The van der Waals surface area contributed by atoms with Gasteiger partial charge in [-0.25, -0.2) is 4.98 Å². The lowest BCUT2D eigenvalue weighted by atomic mass is 10.2. The van der Waals surface area contributed by atoms with Crippen LogP contribution in [0, 0.1) is 17.0 Å². The number of rotatable bonds is 6. The standard InChI is InChI=1S/C23H17BrN4O4/c1-15-26-21-9-7-18(24)12-20(21)23(29)27(15)25-13-17-11-19(28(30)31)8-10-22(17)32-14-16-5-3-2-4-6-16/h2-13H,14H2,1H3. The van der Waals surface area contributed by atoms with E-state index >= 15 is 0 Å². The number of aromatic nitrogens is 2. The number of hydrogen-bond acceptors (Lipinski definition) is 6. The highest BCUT2D eigenvalue weighted by molar-refractivity contribution is 9.10. The molecule has 1 heterocycles. The third-order valence-corrected chi connectivity index (χ3v) is 5.22. The van der Waals surface area contributed by atoms with Crippen LogP contribution in [0.1, 0.15) is 17.0 Å². The Balaban J connectivity index is 1.73. The average molecular weight is 493 g/mol. The van der Waals surface area contributed by atoms with Gasteiger partial charge in [0.25, 0.3) is 11.2 Å². The summed E-state index contributed by atoms with van der Waals surface area (Å²) in [4.78, 5) is 28.1. The molecule has 3 aromatic carbocycles. The van der Waals surface area contributed by atoms with Crippen LogP contribution in [0.25, 0.3) is 10.9 Å². The Morgan fingerprint density at radius 2 is 1.94 bits per heavy atom. The van der Waals surface area contributed by atoms with Gasteiger partial charge in [0.15, 0.2) is 0 Å². The van der Waals surface area contributed by atoms with Crippen LogP contribution < -0.4 is 10.3 Å². The van der Waals surface area contributed by atoms with Gasteiger partial charge in [-0.1, -0.05) is 46.3 Å². The summed E-state index contributed by atoms with van der Waals surface area (Å²) < 4.78 is 7.78. The predicted octanol–water partition coefficient (Wildman–Crippen LogP) is 4.84. The first-order valence-electron chi connectivity index (χ1n) is 9.61. The highest BCUT2D eigenvalue weighted by atomic mass is 79.9. The molecule has 0 bridgehead atoms. The molecule has 0 saturated carbocycles. The van der Waals surface area contributed by atoms with Crippen molar-refractivity contribution in [2.24, 2.45) is 5.10 Å². The van der Waals surface area contributed by atoms with Crippen molar-refractivity contribution < 1.29 is 9.66 Å². The summed E-state index contributed by atoms with van der Waals surface area (Å²) in [5.41, 5.74) is 1.43. The topological polar surface area (TPSA) is 99.6 Å². The number of aryl methyl sites for hydroxylation is 1. The van der Waals surface area contributed by atoms with E-state index in [0.29, 0.717) is 28.0 Å². The molecule has 4 aromatic rings. The summed E-state index contributed by atoms with van der Waals surface area (Å²) >= 11 is 3.36. The number of halogens is 1. The minimum absolute atomic E-state index is 0.108. The van der Waals surface area contributed by atoms with Gasteiger partial charge in [-0.05, 0) is 36.8 Å². The monoisotopic (exact) mass is 492 g/mol. The summed E-state index contributed by atoms with van der Waals surface area (Å²) in [6, 6.07) is 19.0. The van der Waals surface area contributed by atoms with Crippen molar-refractivity contribution in [3.8, 4) is 5.75 Å². The number of benzene rings is 3. The van der Waals surface area contributed by atoms with E-state index in [4.69, 9.17) is 4.74 Å². The number of nitrogens with zero attached hydrogens (tertiary/aromatic N) is 4. The van der Waals surface area contributed by atoms with E-state index in [9.17, 15) is 14.9 Å². The van der Waals surface area contributed by atoms with Gasteiger partial charge in [-0.15, -0.1) is 0 Å². The molecule has 0 aliphatic carbocycles. The van der Waals surface area contributed by atoms with Gasteiger partial charge in [0, 0.05) is 22.2 Å². The Morgan fingerprint density at radius 3 is 2.69 bits per heavy atom. The molecular formula is C23H17BrN4O4. The number of fused-ring (bicyclic) bond motifs is 1. The fraction of sp³-hybridized carbons (Fsp3) is 0.0870. The van der Waals surface area contributed by atoms with Crippen LogP contribution in [0.5, 0.6) is 5.75 Å². The number of non-ortho nitro benzene ring substituents is 1. The first-order chi connectivity index (χ1) is 15.4. The molecule has 0 spiro atoms. The van der Waals surface area contributed by atoms with Crippen molar-refractivity contribution in [1.29, 1.82) is 0 Å². The molecule has 8 nitrogen and oxygen atoms in total. The van der Waals surface area contributed by atoms with Crippen molar-refractivity contribution >= 4 is 38.7 Å². The second kappa shape index (κ2) is 9.11. The molecule has 1 aromatic heterocycles. The van der Waals surface area contributed by atoms with E-state index in [1.54, 1.807) is 25.1 Å². The molecule has 160 valence electrons. The number of hydrogen-bond donors (Lipinski definition) is 0. The van der Waals surface area contributed by atoms with Gasteiger partial charge < -0.3 is 4.74 Å². The summed E-state index contributed by atoms with van der Waals surface area (Å²) in [5, 5.41) is 15.9. The summed E-state index contributed by atoms with van der Waals surface area (Å²) in [7, 11) is 0. The van der Waals surface area contributed by atoms with Crippen LogP contribution in [0.3, 0.4) is 0 Å². The molecule has 0 atom stereocenters. The Morgan fingerprint density at radius 1 is 1.16 bits per heavy atom. The smallest absolute Gasteiger partial charge is 0.282 e. The van der Waals surface area contributed by atoms with Crippen molar-refractivity contribution in [2.75, 3.05) is 0 Å². The Bertz CT molecular complexity index is 1400. The molecule has 0 amide bonds. The Labute approximate surface area is 191 Å². The lowest BCUT2D eigenvalue weighted by Gasteiger charge is -2.10. The maximum absolute atomic E-state index is 12.9. The minimum Gasteiger partial charge on any atom is -0.488 e. The van der Waals surface area contributed by atoms with E-state index in [0.717, 1.165) is 14.7 Å². The zero-order valence-electron chi connectivity index (χ0n) is 16.9. The van der Waals surface area contributed by atoms with Gasteiger partial charge in [0.1, 0.15) is 18.2 Å². The molecule has 0 aliphatic rings. The molecule has 0 aliphatic heterocycles.